The number of rotatable bonds is 8. The minimum Gasteiger partial charge on any atom is -0.378 e. The highest BCUT2D eigenvalue weighted by atomic mass is 16.2. The molecule has 0 fully saturated rings. The summed E-state index contributed by atoms with van der Waals surface area (Å²) in [6, 6.07) is 37.3. The largest absolute Gasteiger partial charge is 0.378 e. The topological polar surface area (TPSA) is 49.6 Å². The molecule has 0 saturated carbocycles. The van der Waals surface area contributed by atoms with Crippen LogP contribution in [0.25, 0.3) is 33.3 Å². The molecule has 0 bridgehead atoms. The summed E-state index contributed by atoms with van der Waals surface area (Å²) in [5.41, 5.74) is 10.4. The van der Waals surface area contributed by atoms with Gasteiger partial charge in [-0.15, -0.1) is 0 Å². The number of para-hydroxylation sites is 1. The van der Waals surface area contributed by atoms with Gasteiger partial charge in [0.2, 0.25) is 5.91 Å². The fraction of sp³-hybridized carbons (Fsp3) is 0.125. The van der Waals surface area contributed by atoms with E-state index in [9.17, 15) is 4.79 Å². The number of benzene rings is 4. The van der Waals surface area contributed by atoms with Crippen molar-refractivity contribution in [1.82, 2.24) is 9.99 Å². The van der Waals surface area contributed by atoms with E-state index in [4.69, 9.17) is 0 Å². The highest BCUT2D eigenvalue weighted by Gasteiger charge is 2.20. The van der Waals surface area contributed by atoms with Gasteiger partial charge in [0.15, 0.2) is 0 Å². The van der Waals surface area contributed by atoms with Crippen LogP contribution in [0.2, 0.25) is 0 Å². The van der Waals surface area contributed by atoms with Gasteiger partial charge in [-0.2, -0.15) is 5.10 Å². The lowest BCUT2D eigenvalue weighted by Gasteiger charge is -2.13. The first-order chi connectivity index (χ1) is 18.1. The molecule has 0 aliphatic rings. The van der Waals surface area contributed by atoms with Crippen molar-refractivity contribution in [1.29, 1.82) is 0 Å². The summed E-state index contributed by atoms with van der Waals surface area (Å²) >= 11 is 0. The molecule has 0 saturated heterocycles. The molecule has 1 aromatic heterocycles. The van der Waals surface area contributed by atoms with E-state index < -0.39 is 0 Å². The molecular formula is C32H30N4O. The second-order valence-electron chi connectivity index (χ2n) is 9.15. The number of aryl methyl sites for hydroxylation is 1. The van der Waals surface area contributed by atoms with Gasteiger partial charge >= 0.3 is 0 Å². The van der Waals surface area contributed by atoms with Crippen LogP contribution in [0.3, 0.4) is 0 Å². The molecular weight excluding hydrogens is 456 g/mol. The van der Waals surface area contributed by atoms with Crippen molar-refractivity contribution in [2.45, 2.75) is 13.0 Å². The second kappa shape index (κ2) is 11.0. The number of hydrogen-bond acceptors (Lipinski definition) is 3. The molecule has 184 valence electrons. The molecule has 0 aliphatic carbocycles. The summed E-state index contributed by atoms with van der Waals surface area (Å²) in [6.07, 6.45) is 1.98. The molecule has 0 radical (unpaired) electrons. The molecule has 37 heavy (non-hydrogen) atoms. The molecule has 0 unspecified atom stereocenters. The van der Waals surface area contributed by atoms with Gasteiger partial charge in [-0.3, -0.25) is 4.79 Å². The molecule has 0 aliphatic heterocycles. The molecule has 0 atom stereocenters. The number of anilines is 1. The van der Waals surface area contributed by atoms with Crippen molar-refractivity contribution in [2.75, 3.05) is 19.0 Å². The van der Waals surface area contributed by atoms with Crippen molar-refractivity contribution in [3.05, 3.63) is 115 Å². The van der Waals surface area contributed by atoms with Crippen LogP contribution in [0.1, 0.15) is 12.0 Å². The van der Waals surface area contributed by atoms with E-state index in [-0.39, 0.29) is 5.91 Å². The SMILES string of the molecule is CN(C)c1ccc(/C=N/NC(=O)CCn2c(-c3ccccc3)c(-c3ccccc3)c3ccccc32)cc1. The zero-order valence-electron chi connectivity index (χ0n) is 21.1. The molecule has 1 heterocycles. The van der Waals surface area contributed by atoms with Crippen LogP contribution in [-0.2, 0) is 11.3 Å². The van der Waals surface area contributed by atoms with Gasteiger partial charge in [0, 0.05) is 49.2 Å². The summed E-state index contributed by atoms with van der Waals surface area (Å²) in [7, 11) is 4.01. The number of nitrogens with zero attached hydrogens (tertiary/aromatic N) is 3. The van der Waals surface area contributed by atoms with Crippen molar-refractivity contribution < 1.29 is 4.79 Å². The maximum atomic E-state index is 12.8. The Balaban J connectivity index is 1.41. The van der Waals surface area contributed by atoms with Gasteiger partial charge < -0.3 is 9.47 Å². The predicted molar refractivity (Wildman–Crippen MR) is 154 cm³/mol. The number of hydrazone groups is 1. The van der Waals surface area contributed by atoms with E-state index in [1.54, 1.807) is 6.21 Å². The van der Waals surface area contributed by atoms with Gasteiger partial charge in [0.05, 0.1) is 11.9 Å². The third-order valence-electron chi connectivity index (χ3n) is 6.46. The smallest absolute Gasteiger partial charge is 0.241 e. The number of nitrogens with one attached hydrogen (secondary N) is 1. The normalized spacial score (nSPS) is 11.2. The molecule has 1 amide bonds. The third kappa shape index (κ3) is 5.31. The lowest BCUT2D eigenvalue weighted by molar-refractivity contribution is -0.121. The average molecular weight is 487 g/mol. The lowest BCUT2D eigenvalue weighted by Crippen LogP contribution is -2.19. The van der Waals surface area contributed by atoms with Crippen molar-refractivity contribution in [2.24, 2.45) is 5.10 Å². The highest BCUT2D eigenvalue weighted by molar-refractivity contribution is 6.04. The minimum atomic E-state index is -0.126. The highest BCUT2D eigenvalue weighted by Crippen LogP contribution is 2.40. The predicted octanol–water partition coefficient (Wildman–Crippen LogP) is 6.58. The van der Waals surface area contributed by atoms with Gasteiger partial charge in [0.1, 0.15) is 0 Å². The number of carbonyl (C=O) groups excluding carboxylic acids is 1. The minimum absolute atomic E-state index is 0.126. The molecule has 5 aromatic rings. The molecule has 1 N–H and O–H groups in total. The van der Waals surface area contributed by atoms with E-state index in [0.717, 1.165) is 33.6 Å². The monoisotopic (exact) mass is 486 g/mol. The first kappa shape index (κ1) is 24.1. The van der Waals surface area contributed by atoms with Crippen molar-refractivity contribution in [3.63, 3.8) is 0 Å². The maximum Gasteiger partial charge on any atom is 0.241 e. The van der Waals surface area contributed by atoms with Crippen molar-refractivity contribution >= 4 is 28.7 Å². The second-order valence-corrected chi connectivity index (χ2v) is 9.15. The van der Waals surface area contributed by atoms with E-state index in [1.807, 2.05) is 61.5 Å². The first-order valence-corrected chi connectivity index (χ1v) is 12.4. The fourth-order valence-electron chi connectivity index (χ4n) is 4.64. The quantitative estimate of drug-likeness (QED) is 0.199. The number of aromatic nitrogens is 1. The number of carbonyl (C=O) groups is 1. The van der Waals surface area contributed by atoms with Crippen LogP contribution < -0.4 is 10.3 Å². The average Bonchev–Trinajstić information content (AvgIpc) is 3.27. The maximum absolute atomic E-state index is 12.8. The summed E-state index contributed by atoms with van der Waals surface area (Å²) in [4.78, 5) is 14.8. The van der Waals surface area contributed by atoms with E-state index in [2.05, 4.69) is 81.8 Å². The Morgan fingerprint density at radius 3 is 2.11 bits per heavy atom. The van der Waals surface area contributed by atoms with Gasteiger partial charge in [0.25, 0.3) is 0 Å². The first-order valence-electron chi connectivity index (χ1n) is 12.4. The van der Waals surface area contributed by atoms with Crippen molar-refractivity contribution in [3.8, 4) is 22.4 Å². The summed E-state index contributed by atoms with van der Waals surface area (Å²) in [5.74, 6) is -0.126. The van der Waals surface area contributed by atoms with Gasteiger partial charge in [-0.25, -0.2) is 5.43 Å². The number of amides is 1. The molecule has 4 aromatic carbocycles. The zero-order chi connectivity index (χ0) is 25.6. The summed E-state index contributed by atoms with van der Waals surface area (Å²) < 4.78 is 2.26. The summed E-state index contributed by atoms with van der Waals surface area (Å²) in [5, 5.41) is 5.35. The summed E-state index contributed by atoms with van der Waals surface area (Å²) in [6.45, 7) is 0.538. The van der Waals surface area contributed by atoms with Crippen LogP contribution in [0, 0.1) is 0 Å². The third-order valence-corrected chi connectivity index (χ3v) is 6.46. The standard InChI is InChI=1S/C32H30N4O/c1-35(2)27-19-17-24(18-20-27)23-33-34-30(37)21-22-36-29-16-10-9-15-28(29)31(25-11-5-3-6-12-25)32(36)26-13-7-4-8-14-26/h3-20,23H,21-22H2,1-2H3,(H,34,37)/b33-23+. The van der Waals surface area contributed by atoms with Crippen LogP contribution in [0.4, 0.5) is 5.69 Å². The molecule has 5 heteroatoms. The zero-order valence-corrected chi connectivity index (χ0v) is 21.1. The Morgan fingerprint density at radius 1 is 0.811 bits per heavy atom. The van der Waals surface area contributed by atoms with E-state index in [1.165, 1.54) is 10.9 Å². The Labute approximate surface area is 217 Å². The van der Waals surface area contributed by atoms with Gasteiger partial charge in [-0.1, -0.05) is 91.0 Å². The fourth-order valence-corrected chi connectivity index (χ4v) is 4.64. The van der Waals surface area contributed by atoms with Gasteiger partial charge in [-0.05, 0) is 34.9 Å². The molecule has 5 rings (SSSR count). The Morgan fingerprint density at radius 2 is 1.43 bits per heavy atom. The Bertz CT molecular complexity index is 1520. The van der Waals surface area contributed by atoms with E-state index >= 15 is 0 Å². The Kier molecular flexibility index (Phi) is 7.13. The van der Waals surface area contributed by atoms with Crippen LogP contribution in [-0.4, -0.2) is 30.8 Å². The van der Waals surface area contributed by atoms with Crippen LogP contribution in [0.15, 0.2) is 114 Å². The number of fused-ring (bicyclic) bond motifs is 1. The van der Waals surface area contributed by atoms with Crippen LogP contribution in [0.5, 0.6) is 0 Å². The lowest BCUT2D eigenvalue weighted by atomic mass is 9.98. The molecule has 0 spiro atoms. The Hall–Kier alpha value is -4.64. The van der Waals surface area contributed by atoms with E-state index in [0.29, 0.717) is 13.0 Å². The molecule has 5 nitrogen and oxygen atoms in total. The number of hydrogen-bond donors (Lipinski definition) is 1. The van der Waals surface area contributed by atoms with Crippen LogP contribution >= 0.6 is 0 Å².